The molecule has 2 aromatic heterocycles. The third kappa shape index (κ3) is 4.09. The number of thiophene rings is 1. The first kappa shape index (κ1) is 20.5. The van der Waals surface area contributed by atoms with E-state index in [4.69, 9.17) is 32.4 Å². The van der Waals surface area contributed by atoms with E-state index in [1.54, 1.807) is 50.4 Å². The van der Waals surface area contributed by atoms with Gasteiger partial charge in [-0.25, -0.2) is 4.79 Å². The lowest BCUT2D eigenvalue weighted by molar-refractivity contribution is 0.0529. The standard InChI is InChI=1S/C20H17Cl2NO4S/c1-4-26-20(25)17-15(13-6-5-12(21)8-16(13)22)9-28-19(17)23-18(24)14-7-10(2)27-11(14)3/h5-9H,4H2,1-3H3,(H,23,24). The number of ether oxygens (including phenoxy) is 1. The van der Waals surface area contributed by atoms with Gasteiger partial charge in [-0.1, -0.05) is 29.3 Å². The van der Waals surface area contributed by atoms with Crippen molar-refractivity contribution in [2.75, 3.05) is 11.9 Å². The summed E-state index contributed by atoms with van der Waals surface area (Å²) in [4.78, 5) is 25.3. The number of aryl methyl sites for hydroxylation is 2. The number of hydrogen-bond donors (Lipinski definition) is 1. The molecule has 0 radical (unpaired) electrons. The number of carbonyl (C=O) groups excluding carboxylic acids is 2. The van der Waals surface area contributed by atoms with E-state index in [1.165, 1.54) is 11.3 Å². The molecule has 1 N–H and O–H groups in total. The van der Waals surface area contributed by atoms with Gasteiger partial charge < -0.3 is 14.5 Å². The van der Waals surface area contributed by atoms with Crippen molar-refractivity contribution >= 4 is 51.4 Å². The van der Waals surface area contributed by atoms with Gasteiger partial charge in [0, 0.05) is 26.6 Å². The van der Waals surface area contributed by atoms with E-state index in [0.29, 0.717) is 43.3 Å². The molecular weight excluding hydrogens is 421 g/mol. The first-order valence-corrected chi connectivity index (χ1v) is 10.1. The molecule has 0 saturated carbocycles. The molecule has 0 bridgehead atoms. The molecule has 3 rings (SSSR count). The second-order valence-corrected chi connectivity index (χ2v) is 7.70. The third-order valence-corrected chi connectivity index (χ3v) is 5.45. The zero-order chi connectivity index (χ0) is 20.4. The van der Waals surface area contributed by atoms with Crippen molar-refractivity contribution in [1.82, 2.24) is 0 Å². The Labute approximate surface area is 176 Å². The van der Waals surface area contributed by atoms with Crippen LogP contribution in [0.2, 0.25) is 10.0 Å². The lowest BCUT2D eigenvalue weighted by Gasteiger charge is -2.10. The van der Waals surface area contributed by atoms with Gasteiger partial charge in [-0.3, -0.25) is 4.79 Å². The number of anilines is 1. The van der Waals surface area contributed by atoms with Gasteiger partial charge in [0.05, 0.1) is 12.2 Å². The average Bonchev–Trinajstić information content (AvgIpc) is 3.18. The number of rotatable bonds is 5. The maximum Gasteiger partial charge on any atom is 0.341 e. The van der Waals surface area contributed by atoms with Gasteiger partial charge in [-0.05, 0) is 39.0 Å². The van der Waals surface area contributed by atoms with Gasteiger partial charge in [0.15, 0.2) is 0 Å². The van der Waals surface area contributed by atoms with Crippen molar-refractivity contribution in [2.45, 2.75) is 20.8 Å². The third-order valence-electron chi connectivity index (χ3n) is 4.00. The number of furan rings is 1. The van der Waals surface area contributed by atoms with Crippen molar-refractivity contribution in [1.29, 1.82) is 0 Å². The lowest BCUT2D eigenvalue weighted by Crippen LogP contribution is -2.15. The molecule has 0 aliphatic heterocycles. The molecule has 8 heteroatoms. The fourth-order valence-corrected chi connectivity index (χ4v) is 4.24. The van der Waals surface area contributed by atoms with Crippen LogP contribution in [0.25, 0.3) is 11.1 Å². The van der Waals surface area contributed by atoms with Crippen LogP contribution in [0, 0.1) is 13.8 Å². The van der Waals surface area contributed by atoms with Gasteiger partial charge in [-0.15, -0.1) is 11.3 Å². The molecule has 0 aliphatic rings. The Balaban J connectivity index is 2.04. The average molecular weight is 438 g/mol. The first-order chi connectivity index (χ1) is 13.3. The predicted molar refractivity (Wildman–Crippen MR) is 112 cm³/mol. The number of esters is 1. The first-order valence-electron chi connectivity index (χ1n) is 8.44. The van der Waals surface area contributed by atoms with Crippen LogP contribution in [0.4, 0.5) is 5.00 Å². The summed E-state index contributed by atoms with van der Waals surface area (Å²) in [6.45, 7) is 5.39. The largest absolute Gasteiger partial charge is 0.466 e. The van der Waals surface area contributed by atoms with Gasteiger partial charge in [0.2, 0.25) is 0 Å². The van der Waals surface area contributed by atoms with E-state index >= 15 is 0 Å². The summed E-state index contributed by atoms with van der Waals surface area (Å²) in [7, 11) is 0. The molecule has 0 fully saturated rings. The van der Waals surface area contributed by atoms with E-state index in [9.17, 15) is 9.59 Å². The van der Waals surface area contributed by atoms with Crippen LogP contribution in [-0.4, -0.2) is 18.5 Å². The summed E-state index contributed by atoms with van der Waals surface area (Å²) in [5.74, 6) is 0.231. The molecule has 146 valence electrons. The van der Waals surface area contributed by atoms with Crippen LogP contribution in [0.5, 0.6) is 0 Å². The van der Waals surface area contributed by atoms with E-state index in [-0.39, 0.29) is 18.1 Å². The minimum atomic E-state index is -0.542. The Morgan fingerprint density at radius 1 is 1.18 bits per heavy atom. The zero-order valence-corrected chi connectivity index (χ0v) is 17.7. The fourth-order valence-electron chi connectivity index (χ4n) is 2.79. The van der Waals surface area contributed by atoms with Crippen molar-refractivity contribution in [3.8, 4) is 11.1 Å². The minimum absolute atomic E-state index is 0.204. The minimum Gasteiger partial charge on any atom is -0.466 e. The second kappa shape index (κ2) is 8.39. The number of benzene rings is 1. The highest BCUT2D eigenvalue weighted by atomic mass is 35.5. The number of carbonyl (C=O) groups is 2. The van der Waals surface area contributed by atoms with Crippen LogP contribution in [0.1, 0.15) is 39.2 Å². The van der Waals surface area contributed by atoms with Gasteiger partial charge >= 0.3 is 5.97 Å². The number of halogens is 2. The highest BCUT2D eigenvalue weighted by Gasteiger charge is 2.25. The van der Waals surface area contributed by atoms with Crippen LogP contribution >= 0.6 is 34.5 Å². The molecular formula is C20H17Cl2NO4S. The predicted octanol–water partition coefficient (Wildman–Crippen LogP) is 6.36. The molecule has 0 spiro atoms. The summed E-state index contributed by atoms with van der Waals surface area (Å²) in [6.07, 6.45) is 0. The van der Waals surface area contributed by atoms with Crippen molar-refractivity contribution in [2.24, 2.45) is 0 Å². The Morgan fingerprint density at radius 3 is 2.54 bits per heavy atom. The molecule has 0 aliphatic carbocycles. The summed E-state index contributed by atoms with van der Waals surface area (Å²) >= 11 is 13.5. The summed E-state index contributed by atoms with van der Waals surface area (Å²) in [6, 6.07) is 6.66. The summed E-state index contributed by atoms with van der Waals surface area (Å²) in [5, 5.41) is 5.81. The topological polar surface area (TPSA) is 68.5 Å². The number of hydrogen-bond acceptors (Lipinski definition) is 5. The van der Waals surface area contributed by atoms with Crippen molar-refractivity contribution in [3.63, 3.8) is 0 Å². The van der Waals surface area contributed by atoms with E-state index < -0.39 is 5.97 Å². The van der Waals surface area contributed by atoms with Crippen LogP contribution in [0.15, 0.2) is 34.1 Å². The molecule has 3 aromatic rings. The van der Waals surface area contributed by atoms with Crippen molar-refractivity contribution in [3.05, 3.63) is 62.3 Å². The number of amides is 1. The fraction of sp³-hybridized carbons (Fsp3) is 0.200. The molecule has 5 nitrogen and oxygen atoms in total. The maximum absolute atomic E-state index is 12.7. The molecule has 28 heavy (non-hydrogen) atoms. The van der Waals surface area contributed by atoms with E-state index in [2.05, 4.69) is 5.32 Å². The normalized spacial score (nSPS) is 10.8. The van der Waals surface area contributed by atoms with Crippen LogP contribution < -0.4 is 5.32 Å². The zero-order valence-electron chi connectivity index (χ0n) is 15.4. The monoisotopic (exact) mass is 437 g/mol. The maximum atomic E-state index is 12.7. The van der Waals surface area contributed by atoms with Gasteiger partial charge in [0.25, 0.3) is 5.91 Å². The van der Waals surface area contributed by atoms with E-state index in [0.717, 1.165) is 0 Å². The Hall–Kier alpha value is -2.28. The Kier molecular flexibility index (Phi) is 6.13. The van der Waals surface area contributed by atoms with Gasteiger partial charge in [0.1, 0.15) is 22.1 Å². The van der Waals surface area contributed by atoms with Crippen LogP contribution in [-0.2, 0) is 4.74 Å². The SMILES string of the molecule is CCOC(=O)c1c(-c2ccc(Cl)cc2Cl)csc1NC(=O)c1cc(C)oc1C. The van der Waals surface area contributed by atoms with Gasteiger partial charge in [-0.2, -0.15) is 0 Å². The molecule has 0 unspecified atom stereocenters. The Morgan fingerprint density at radius 2 is 1.93 bits per heavy atom. The molecule has 1 aromatic carbocycles. The number of nitrogens with one attached hydrogen (secondary N) is 1. The summed E-state index contributed by atoms with van der Waals surface area (Å²) < 4.78 is 10.6. The highest BCUT2D eigenvalue weighted by molar-refractivity contribution is 7.15. The van der Waals surface area contributed by atoms with E-state index in [1.807, 2.05) is 0 Å². The Bertz CT molecular complexity index is 1050. The lowest BCUT2D eigenvalue weighted by atomic mass is 10.0. The molecule has 0 saturated heterocycles. The quantitative estimate of drug-likeness (QED) is 0.471. The van der Waals surface area contributed by atoms with Crippen molar-refractivity contribution < 1.29 is 18.7 Å². The molecule has 0 atom stereocenters. The smallest absolute Gasteiger partial charge is 0.341 e. The highest BCUT2D eigenvalue weighted by Crippen LogP contribution is 2.40. The second-order valence-electron chi connectivity index (χ2n) is 5.98. The molecule has 2 heterocycles. The molecule has 1 amide bonds. The van der Waals surface area contributed by atoms with Crippen LogP contribution in [0.3, 0.4) is 0 Å². The summed E-state index contributed by atoms with van der Waals surface area (Å²) in [5.41, 5.74) is 1.86.